The fourth-order valence-electron chi connectivity index (χ4n) is 1.08. The summed E-state index contributed by atoms with van der Waals surface area (Å²) in [5.41, 5.74) is 0. The molecule has 0 aromatic heterocycles. The van der Waals surface area contributed by atoms with Crippen molar-refractivity contribution in [1.29, 1.82) is 0 Å². The molecular weight excluding hydrogens is 263 g/mol. The quantitative estimate of drug-likeness (QED) is 0.516. The number of unbranched alkanes of at least 4 members (excludes halogenated alkanes) is 1. The van der Waals surface area contributed by atoms with Gasteiger partial charge in [0.15, 0.2) is 5.12 Å². The van der Waals surface area contributed by atoms with E-state index in [1.165, 1.54) is 0 Å². The molecule has 2 unspecified atom stereocenters. The van der Waals surface area contributed by atoms with Gasteiger partial charge in [-0.2, -0.15) is 13.2 Å². The van der Waals surface area contributed by atoms with Crippen LogP contribution in [0, 0.1) is 0 Å². The first-order valence-electron chi connectivity index (χ1n) is 5.29. The Morgan fingerprint density at radius 2 is 1.82 bits per heavy atom. The summed E-state index contributed by atoms with van der Waals surface area (Å²) in [5.74, 6) is 0.433. The highest BCUT2D eigenvalue weighted by Gasteiger charge is 2.45. The largest absolute Gasteiger partial charge is 0.422 e. The Bertz CT molecular complexity index is 231. The van der Waals surface area contributed by atoms with Crippen LogP contribution < -0.4 is 0 Å². The maximum absolute atomic E-state index is 12.8. The van der Waals surface area contributed by atoms with Gasteiger partial charge in [-0.15, -0.1) is 0 Å². The molecule has 17 heavy (non-hydrogen) atoms. The Kier molecular flexibility index (Phi) is 7.74. The fraction of sp³-hybridized carbons (Fsp3) is 0.900. The van der Waals surface area contributed by atoms with Crippen molar-refractivity contribution in [3.63, 3.8) is 0 Å². The number of carbonyl (C=O) groups excluding carboxylic acids is 1. The lowest BCUT2D eigenvalue weighted by Crippen LogP contribution is -2.33. The molecule has 0 aliphatic rings. The van der Waals surface area contributed by atoms with Gasteiger partial charge in [-0.1, -0.05) is 18.7 Å². The lowest BCUT2D eigenvalue weighted by atomic mass is 10.1. The molecule has 0 saturated carbocycles. The summed E-state index contributed by atoms with van der Waals surface area (Å²) in [6.07, 6.45) is -10.6. The first-order valence-corrected chi connectivity index (χ1v) is 6.28. The molecule has 0 bridgehead atoms. The molecule has 0 saturated heterocycles. The van der Waals surface area contributed by atoms with Gasteiger partial charge in [0.2, 0.25) is 6.17 Å². The molecule has 0 rings (SSSR count). The normalized spacial score (nSPS) is 15.6. The van der Waals surface area contributed by atoms with E-state index < -0.39 is 24.9 Å². The van der Waals surface area contributed by atoms with Crippen molar-refractivity contribution in [1.82, 2.24) is 0 Å². The van der Waals surface area contributed by atoms with Gasteiger partial charge in [0.1, 0.15) is 6.17 Å². The van der Waals surface area contributed by atoms with Gasteiger partial charge in [0.05, 0.1) is 0 Å². The summed E-state index contributed by atoms with van der Waals surface area (Å²) in [4.78, 5) is 10.8. The highest BCUT2D eigenvalue weighted by molar-refractivity contribution is 8.13. The molecule has 0 heterocycles. The average Bonchev–Trinajstić information content (AvgIpc) is 2.25. The summed E-state index contributed by atoms with van der Waals surface area (Å²) in [6, 6.07) is 0. The number of hydrogen-bond donors (Lipinski definition) is 0. The number of rotatable bonds is 7. The molecule has 0 aliphatic heterocycles. The topological polar surface area (TPSA) is 17.1 Å². The van der Waals surface area contributed by atoms with Gasteiger partial charge in [-0.3, -0.25) is 4.79 Å². The molecule has 0 aromatic carbocycles. The second-order valence-electron chi connectivity index (χ2n) is 3.53. The van der Waals surface area contributed by atoms with Crippen LogP contribution in [0.25, 0.3) is 0 Å². The summed E-state index contributed by atoms with van der Waals surface area (Å²) in [6.45, 7) is 1.70. The Hall–Kier alpha value is -0.330. The van der Waals surface area contributed by atoms with Crippen molar-refractivity contribution >= 4 is 16.9 Å². The molecule has 102 valence electrons. The lowest BCUT2D eigenvalue weighted by molar-refractivity contribution is -0.196. The standard InChI is InChI=1S/C10H15F5OS/c1-2-8(16)17-6-4-3-5-7(11)9(12)10(13,14)15/h7,9H,2-6H2,1H3. The highest BCUT2D eigenvalue weighted by Crippen LogP contribution is 2.29. The van der Waals surface area contributed by atoms with Crippen LogP contribution in [-0.4, -0.2) is 29.4 Å². The first kappa shape index (κ1) is 16.7. The first-order chi connectivity index (χ1) is 7.79. The lowest BCUT2D eigenvalue weighted by Gasteiger charge is -2.16. The molecule has 0 amide bonds. The van der Waals surface area contributed by atoms with E-state index in [1.54, 1.807) is 6.92 Å². The van der Waals surface area contributed by atoms with Crippen molar-refractivity contribution in [2.45, 2.75) is 51.1 Å². The number of alkyl halides is 5. The minimum Gasteiger partial charge on any atom is -0.287 e. The minimum absolute atomic E-state index is 0.0135. The molecule has 0 spiro atoms. The van der Waals surface area contributed by atoms with Crippen LogP contribution in [0.2, 0.25) is 0 Å². The van der Waals surface area contributed by atoms with Crippen molar-refractivity contribution in [2.75, 3.05) is 5.75 Å². The van der Waals surface area contributed by atoms with Crippen LogP contribution in [0.5, 0.6) is 0 Å². The van der Waals surface area contributed by atoms with E-state index in [0.717, 1.165) is 11.8 Å². The third-order valence-corrected chi connectivity index (χ3v) is 3.16. The molecule has 7 heteroatoms. The van der Waals surface area contributed by atoms with Gasteiger partial charge >= 0.3 is 6.18 Å². The van der Waals surface area contributed by atoms with E-state index in [1.807, 2.05) is 0 Å². The van der Waals surface area contributed by atoms with E-state index in [-0.39, 0.29) is 11.5 Å². The predicted molar refractivity (Wildman–Crippen MR) is 57.5 cm³/mol. The zero-order chi connectivity index (χ0) is 13.5. The Morgan fingerprint density at radius 3 is 2.29 bits per heavy atom. The molecule has 0 fully saturated rings. The summed E-state index contributed by atoms with van der Waals surface area (Å²) >= 11 is 1.06. The zero-order valence-electron chi connectivity index (χ0n) is 9.40. The van der Waals surface area contributed by atoms with Crippen molar-refractivity contribution < 1.29 is 26.7 Å². The third kappa shape index (κ3) is 7.57. The molecule has 0 aromatic rings. The Balaban J connectivity index is 3.65. The van der Waals surface area contributed by atoms with Gasteiger partial charge < -0.3 is 0 Å². The zero-order valence-corrected chi connectivity index (χ0v) is 10.2. The van der Waals surface area contributed by atoms with Crippen molar-refractivity contribution in [2.24, 2.45) is 0 Å². The smallest absolute Gasteiger partial charge is 0.287 e. The van der Waals surface area contributed by atoms with Crippen molar-refractivity contribution in [3.8, 4) is 0 Å². The highest BCUT2D eigenvalue weighted by atomic mass is 32.2. The molecule has 0 aliphatic carbocycles. The molecular formula is C10H15F5OS. The fourth-order valence-corrected chi connectivity index (χ4v) is 1.86. The number of hydrogen-bond acceptors (Lipinski definition) is 2. The van der Waals surface area contributed by atoms with Crippen molar-refractivity contribution in [3.05, 3.63) is 0 Å². The molecule has 1 nitrogen and oxygen atoms in total. The van der Waals surface area contributed by atoms with E-state index >= 15 is 0 Å². The predicted octanol–water partition coefficient (Wildman–Crippen LogP) is 4.07. The minimum atomic E-state index is -5.13. The van der Waals surface area contributed by atoms with E-state index in [4.69, 9.17) is 0 Å². The van der Waals surface area contributed by atoms with Gasteiger partial charge in [-0.05, 0) is 19.3 Å². The number of halogens is 5. The van der Waals surface area contributed by atoms with Gasteiger partial charge in [0, 0.05) is 12.2 Å². The monoisotopic (exact) mass is 278 g/mol. The maximum atomic E-state index is 12.8. The maximum Gasteiger partial charge on any atom is 0.422 e. The molecule has 0 radical (unpaired) electrons. The second-order valence-corrected chi connectivity index (χ2v) is 4.68. The summed E-state index contributed by atoms with van der Waals surface area (Å²) < 4.78 is 60.5. The summed E-state index contributed by atoms with van der Waals surface area (Å²) in [5, 5.41) is -0.0135. The van der Waals surface area contributed by atoms with Gasteiger partial charge in [0.25, 0.3) is 0 Å². The van der Waals surface area contributed by atoms with Gasteiger partial charge in [-0.25, -0.2) is 8.78 Å². The Labute approximate surface area is 101 Å². The van der Waals surface area contributed by atoms with E-state index in [0.29, 0.717) is 18.6 Å². The Morgan fingerprint density at radius 1 is 1.24 bits per heavy atom. The van der Waals surface area contributed by atoms with Crippen LogP contribution in [-0.2, 0) is 4.79 Å². The van der Waals surface area contributed by atoms with E-state index in [9.17, 15) is 26.7 Å². The molecule has 0 N–H and O–H groups in total. The number of carbonyl (C=O) groups is 1. The SMILES string of the molecule is CCC(=O)SCCCCC(F)C(F)C(F)(F)F. The van der Waals surface area contributed by atoms with Crippen LogP contribution in [0.15, 0.2) is 0 Å². The van der Waals surface area contributed by atoms with Crippen LogP contribution in [0.4, 0.5) is 22.0 Å². The number of thioether (sulfide) groups is 1. The molecule has 2 atom stereocenters. The van der Waals surface area contributed by atoms with Crippen LogP contribution in [0.3, 0.4) is 0 Å². The summed E-state index contributed by atoms with van der Waals surface area (Å²) in [7, 11) is 0. The van der Waals surface area contributed by atoms with Crippen LogP contribution >= 0.6 is 11.8 Å². The van der Waals surface area contributed by atoms with E-state index in [2.05, 4.69) is 0 Å². The average molecular weight is 278 g/mol. The third-order valence-electron chi connectivity index (χ3n) is 2.06. The van der Waals surface area contributed by atoms with Crippen LogP contribution in [0.1, 0.15) is 32.6 Å². The second kappa shape index (κ2) is 7.89.